The zero-order chi connectivity index (χ0) is 27.8. The fourth-order valence-electron chi connectivity index (χ4n) is 6.41. The molecule has 4 N–H and O–H groups in total. The van der Waals surface area contributed by atoms with Gasteiger partial charge in [0.15, 0.2) is 5.15 Å². The maximum absolute atomic E-state index is 13.7. The summed E-state index contributed by atoms with van der Waals surface area (Å²) in [5.41, 5.74) is 8.32. The molecule has 0 radical (unpaired) electrons. The van der Waals surface area contributed by atoms with Gasteiger partial charge >= 0.3 is 0 Å². The maximum atomic E-state index is 13.7. The van der Waals surface area contributed by atoms with E-state index < -0.39 is 0 Å². The van der Waals surface area contributed by atoms with E-state index in [0.29, 0.717) is 34.4 Å². The predicted molar refractivity (Wildman–Crippen MR) is 152 cm³/mol. The highest BCUT2D eigenvalue weighted by Crippen LogP contribution is 2.33. The van der Waals surface area contributed by atoms with Gasteiger partial charge in [-0.25, -0.2) is 9.67 Å². The summed E-state index contributed by atoms with van der Waals surface area (Å²) in [4.78, 5) is 31.3. The summed E-state index contributed by atoms with van der Waals surface area (Å²) >= 11 is 12.3. The van der Waals surface area contributed by atoms with Crippen molar-refractivity contribution in [2.75, 3.05) is 13.1 Å². The van der Waals surface area contributed by atoms with Crippen LogP contribution in [0.5, 0.6) is 0 Å². The first kappa shape index (κ1) is 27.3. The van der Waals surface area contributed by atoms with Gasteiger partial charge in [-0.3, -0.25) is 25.0 Å². The molecule has 0 saturated carbocycles. The van der Waals surface area contributed by atoms with Gasteiger partial charge in [0.25, 0.3) is 5.56 Å². The predicted octanol–water partition coefficient (Wildman–Crippen LogP) is 2.49. The largest absolute Gasteiger partial charge is 0.350 e. The highest BCUT2D eigenvalue weighted by molar-refractivity contribution is 6.31. The Kier molecular flexibility index (Phi) is 7.91. The van der Waals surface area contributed by atoms with Crippen LogP contribution in [-0.2, 0) is 4.79 Å². The molecule has 6 rings (SSSR count). The molecule has 212 valence electrons. The van der Waals surface area contributed by atoms with Crippen LogP contribution in [0.3, 0.4) is 0 Å². The van der Waals surface area contributed by atoms with E-state index in [-0.39, 0.29) is 46.7 Å². The Morgan fingerprint density at radius 3 is 2.75 bits per heavy atom. The van der Waals surface area contributed by atoms with Gasteiger partial charge in [0.1, 0.15) is 0 Å². The van der Waals surface area contributed by atoms with Gasteiger partial charge in [-0.1, -0.05) is 41.8 Å². The highest BCUT2D eigenvalue weighted by Gasteiger charge is 2.40. The number of hydrogen-bond donors (Lipinski definition) is 4. The van der Waals surface area contributed by atoms with Crippen molar-refractivity contribution in [2.45, 2.75) is 63.2 Å². The minimum absolute atomic E-state index is 0.0482. The molecule has 2 bridgehead atoms. The van der Waals surface area contributed by atoms with E-state index >= 15 is 0 Å². The van der Waals surface area contributed by atoms with Gasteiger partial charge < -0.3 is 10.6 Å². The fourth-order valence-corrected chi connectivity index (χ4v) is 6.70. The number of nitrogens with zero attached hydrogens (tertiary/aromatic N) is 5. The van der Waals surface area contributed by atoms with Crippen LogP contribution in [0.15, 0.2) is 41.6 Å². The quantitative estimate of drug-likeness (QED) is 0.369. The molecule has 5 heterocycles. The summed E-state index contributed by atoms with van der Waals surface area (Å²) in [6, 6.07) is 7.06. The molecule has 3 aromatic rings. The number of aromatic nitrogens is 5. The minimum Gasteiger partial charge on any atom is -0.350 e. The number of rotatable bonds is 3. The smallest absolute Gasteiger partial charge is 0.254 e. The van der Waals surface area contributed by atoms with Gasteiger partial charge in [0.05, 0.1) is 36.0 Å². The number of carbonyl (C=O) groups excluding carboxylic acids is 1. The molecule has 0 aliphatic carbocycles. The van der Waals surface area contributed by atoms with Gasteiger partial charge in [-0.2, -0.15) is 0 Å². The molecule has 40 heavy (non-hydrogen) atoms. The topological polar surface area (TPSA) is 131 Å². The third-order valence-electron chi connectivity index (χ3n) is 8.53. The number of amides is 1. The molecule has 1 amide bonds. The Bertz CT molecular complexity index is 1440. The summed E-state index contributed by atoms with van der Waals surface area (Å²) in [7, 11) is 0. The summed E-state index contributed by atoms with van der Waals surface area (Å²) in [6.07, 6.45) is 7.48. The standard InChI is InChI=1S/C27H33Cl2N9O2/c1-15-3-2-4-23(20-9-16(7-8-30-20)26-21(12-32-35-26)33-27(15)40)37-14-31-19(11-25(37)39)18-10-17(28)5-6-22(18)38-13-24(29)34-36-38/h5-6,10-11,13-16,20-21,23,26,30,32,35H,2-4,7-9,12H2,1H3,(H,33,40)/t15-,16?,20?,21?,23+,26?/m1/s1. The third-order valence-corrected chi connectivity index (χ3v) is 8.94. The Morgan fingerprint density at radius 2 is 1.95 bits per heavy atom. The van der Waals surface area contributed by atoms with E-state index in [1.165, 1.54) is 4.68 Å². The normalized spacial score (nSPS) is 29.2. The lowest BCUT2D eigenvalue weighted by Gasteiger charge is -2.40. The van der Waals surface area contributed by atoms with Gasteiger partial charge in [-0.15, -0.1) is 5.10 Å². The summed E-state index contributed by atoms with van der Waals surface area (Å²) < 4.78 is 3.30. The van der Waals surface area contributed by atoms with Crippen molar-refractivity contribution >= 4 is 29.1 Å². The second kappa shape index (κ2) is 11.6. The van der Waals surface area contributed by atoms with Crippen molar-refractivity contribution < 1.29 is 4.79 Å². The number of nitrogens with one attached hydrogen (secondary N) is 4. The van der Waals surface area contributed by atoms with Crippen LogP contribution in [0.4, 0.5) is 0 Å². The number of hydrazine groups is 1. The Balaban J connectivity index is 1.33. The van der Waals surface area contributed by atoms with Crippen molar-refractivity contribution in [2.24, 2.45) is 11.8 Å². The molecule has 3 aliphatic rings. The Labute approximate surface area is 242 Å². The number of fused-ring (bicyclic) bond motifs is 4. The maximum Gasteiger partial charge on any atom is 0.254 e. The van der Waals surface area contributed by atoms with E-state index in [2.05, 4.69) is 31.8 Å². The zero-order valence-corrected chi connectivity index (χ0v) is 23.7. The van der Waals surface area contributed by atoms with E-state index in [4.69, 9.17) is 28.2 Å². The number of hydrogen-bond acceptors (Lipinski definition) is 8. The average Bonchev–Trinajstić information content (AvgIpc) is 3.59. The average molecular weight is 587 g/mol. The molecule has 13 heteroatoms. The van der Waals surface area contributed by atoms with E-state index in [9.17, 15) is 9.59 Å². The molecule has 2 aromatic heterocycles. The lowest BCUT2D eigenvalue weighted by molar-refractivity contribution is -0.125. The van der Waals surface area contributed by atoms with Crippen LogP contribution in [0.2, 0.25) is 10.2 Å². The van der Waals surface area contributed by atoms with Crippen LogP contribution in [0, 0.1) is 11.8 Å². The molecule has 4 unspecified atom stereocenters. The second-order valence-electron chi connectivity index (χ2n) is 11.1. The zero-order valence-electron chi connectivity index (χ0n) is 22.2. The van der Waals surface area contributed by atoms with Crippen molar-refractivity contribution in [3.8, 4) is 16.9 Å². The summed E-state index contributed by atoms with van der Waals surface area (Å²) in [5, 5.41) is 15.7. The number of benzene rings is 1. The van der Waals surface area contributed by atoms with Crippen LogP contribution in [0.1, 0.15) is 45.1 Å². The molecule has 6 atom stereocenters. The molecular formula is C27H33Cl2N9O2. The number of halogens is 2. The van der Waals surface area contributed by atoms with E-state index in [0.717, 1.165) is 38.6 Å². The van der Waals surface area contributed by atoms with E-state index in [1.807, 2.05) is 6.92 Å². The van der Waals surface area contributed by atoms with Crippen LogP contribution in [-0.4, -0.2) is 61.7 Å². The molecule has 3 saturated heterocycles. The second-order valence-corrected chi connectivity index (χ2v) is 11.9. The molecule has 1 aromatic carbocycles. The SMILES string of the molecule is C[C@@H]1CCC[C@H](n2cnc(-c3cc(Cl)ccc3-n3cc(Cl)nn3)cc2=O)C2CC(CCN2)C2NNCC2NC1=O. The van der Waals surface area contributed by atoms with Gasteiger partial charge in [0.2, 0.25) is 5.91 Å². The van der Waals surface area contributed by atoms with Crippen LogP contribution >= 0.6 is 23.2 Å². The minimum atomic E-state index is -0.141. The van der Waals surface area contributed by atoms with Crippen molar-refractivity contribution in [3.63, 3.8) is 0 Å². The summed E-state index contributed by atoms with van der Waals surface area (Å²) in [6.45, 7) is 3.54. The van der Waals surface area contributed by atoms with Crippen molar-refractivity contribution in [3.05, 3.63) is 57.3 Å². The lowest BCUT2D eigenvalue weighted by Crippen LogP contribution is -2.55. The van der Waals surface area contributed by atoms with Crippen LogP contribution < -0.4 is 27.0 Å². The Morgan fingerprint density at radius 1 is 1.07 bits per heavy atom. The first-order chi connectivity index (χ1) is 19.4. The third kappa shape index (κ3) is 5.53. The lowest BCUT2D eigenvalue weighted by atomic mass is 9.80. The molecular weight excluding hydrogens is 553 g/mol. The van der Waals surface area contributed by atoms with Crippen molar-refractivity contribution in [1.82, 2.24) is 46.0 Å². The van der Waals surface area contributed by atoms with Crippen LogP contribution in [0.25, 0.3) is 16.9 Å². The molecule has 3 aliphatic heterocycles. The summed E-state index contributed by atoms with van der Waals surface area (Å²) in [5.74, 6) is 0.352. The number of piperidine rings is 1. The molecule has 0 spiro atoms. The first-order valence-corrected chi connectivity index (χ1v) is 14.6. The fraction of sp³-hybridized carbons (Fsp3) is 0.519. The van der Waals surface area contributed by atoms with Gasteiger partial charge in [0, 0.05) is 41.2 Å². The first-order valence-electron chi connectivity index (χ1n) is 13.9. The van der Waals surface area contributed by atoms with Crippen molar-refractivity contribution in [1.29, 1.82) is 0 Å². The molecule has 11 nitrogen and oxygen atoms in total. The Hall–Kier alpha value is -2.83. The van der Waals surface area contributed by atoms with Gasteiger partial charge in [-0.05, 0) is 56.3 Å². The monoisotopic (exact) mass is 585 g/mol. The number of carbonyl (C=O) groups is 1. The molecule has 3 fully saturated rings. The van der Waals surface area contributed by atoms with E-state index in [1.54, 1.807) is 41.4 Å². The highest BCUT2D eigenvalue weighted by atomic mass is 35.5.